The number of amides is 2. The normalized spacial score (nSPS) is 33.7. The third-order valence-corrected chi connectivity index (χ3v) is 6.82. The van der Waals surface area contributed by atoms with Crippen molar-refractivity contribution < 1.29 is 14.7 Å². The first kappa shape index (κ1) is 18.5. The summed E-state index contributed by atoms with van der Waals surface area (Å²) in [6.07, 6.45) is 6.36. The number of aryl methyl sites for hydroxylation is 1. The zero-order valence-electron chi connectivity index (χ0n) is 16.3. The summed E-state index contributed by atoms with van der Waals surface area (Å²) in [5, 5.41) is 13.7. The van der Waals surface area contributed by atoms with Crippen molar-refractivity contribution in [1.29, 1.82) is 0 Å². The maximum absolute atomic E-state index is 12.8. The fraction of sp³-hybridized carbons (Fsp3) is 0.636. The average Bonchev–Trinajstić information content (AvgIpc) is 2.54. The molecule has 5 nitrogen and oxygen atoms in total. The highest BCUT2D eigenvalue weighted by Crippen LogP contribution is 2.62. The topological polar surface area (TPSA) is 69.6 Å². The summed E-state index contributed by atoms with van der Waals surface area (Å²) in [5.74, 6) is 0.969. The van der Waals surface area contributed by atoms with Gasteiger partial charge in [-0.25, -0.2) is 0 Å². The van der Waals surface area contributed by atoms with Crippen molar-refractivity contribution in [1.82, 2.24) is 4.90 Å². The Morgan fingerprint density at radius 2 is 1.78 bits per heavy atom. The second-order valence-corrected chi connectivity index (χ2v) is 9.53. The molecule has 146 valence electrons. The van der Waals surface area contributed by atoms with Crippen LogP contribution in [-0.4, -0.2) is 41.0 Å². The number of carbonyl (C=O) groups excluding carboxylic acids is 2. The Bertz CT molecular complexity index is 728. The predicted molar refractivity (Wildman–Crippen MR) is 104 cm³/mol. The molecule has 4 bridgehead atoms. The maximum atomic E-state index is 12.8. The first-order valence-electron chi connectivity index (χ1n) is 10.1. The number of rotatable bonds is 5. The van der Waals surface area contributed by atoms with Gasteiger partial charge in [0.15, 0.2) is 0 Å². The van der Waals surface area contributed by atoms with E-state index < -0.39 is 5.60 Å². The molecule has 1 aromatic carbocycles. The standard InChI is InChI=1S/C22H30N2O3/c1-15-3-5-18(6-4-15)23-19(25)13-24(2)20(26)12-21-8-16-7-17(9-21)11-22(27,10-16)14-21/h3-6,16-17,27H,7-14H2,1-2H3,(H,23,25)/t16-,17-,21?,22?/m1/s1. The van der Waals surface area contributed by atoms with Gasteiger partial charge in [0.1, 0.15) is 0 Å². The molecular formula is C22H30N2O3. The fourth-order valence-corrected chi connectivity index (χ4v) is 6.21. The summed E-state index contributed by atoms with van der Waals surface area (Å²) in [6, 6.07) is 7.63. The summed E-state index contributed by atoms with van der Waals surface area (Å²) < 4.78 is 0. The molecular weight excluding hydrogens is 340 g/mol. The van der Waals surface area contributed by atoms with Crippen LogP contribution in [-0.2, 0) is 9.59 Å². The largest absolute Gasteiger partial charge is 0.390 e. The van der Waals surface area contributed by atoms with Gasteiger partial charge < -0.3 is 15.3 Å². The summed E-state index contributed by atoms with van der Waals surface area (Å²) in [7, 11) is 1.70. The zero-order chi connectivity index (χ0) is 19.2. The van der Waals surface area contributed by atoms with Crippen molar-refractivity contribution >= 4 is 17.5 Å². The lowest BCUT2D eigenvalue weighted by atomic mass is 9.47. The van der Waals surface area contributed by atoms with Crippen molar-refractivity contribution in [3.05, 3.63) is 29.8 Å². The Kier molecular flexibility index (Phi) is 4.53. The third kappa shape index (κ3) is 3.88. The number of nitrogens with zero attached hydrogens (tertiary/aromatic N) is 1. The van der Waals surface area contributed by atoms with Crippen LogP contribution in [0.5, 0.6) is 0 Å². The third-order valence-electron chi connectivity index (χ3n) is 6.82. The minimum atomic E-state index is -0.550. The van der Waals surface area contributed by atoms with E-state index in [0.29, 0.717) is 18.3 Å². The molecule has 0 radical (unpaired) electrons. The summed E-state index contributed by atoms with van der Waals surface area (Å²) in [5.41, 5.74) is 1.27. The molecule has 0 aromatic heterocycles. The van der Waals surface area contributed by atoms with Crippen LogP contribution in [0.3, 0.4) is 0 Å². The number of nitrogens with one attached hydrogen (secondary N) is 1. The van der Waals surface area contributed by atoms with Crippen LogP contribution < -0.4 is 5.32 Å². The fourth-order valence-electron chi connectivity index (χ4n) is 6.21. The van der Waals surface area contributed by atoms with E-state index >= 15 is 0 Å². The van der Waals surface area contributed by atoms with Gasteiger partial charge in [-0.3, -0.25) is 9.59 Å². The highest BCUT2D eigenvalue weighted by atomic mass is 16.3. The van der Waals surface area contributed by atoms with Gasteiger partial charge in [-0.1, -0.05) is 17.7 Å². The highest BCUT2D eigenvalue weighted by Gasteiger charge is 2.57. The van der Waals surface area contributed by atoms with Crippen molar-refractivity contribution in [3.63, 3.8) is 0 Å². The summed E-state index contributed by atoms with van der Waals surface area (Å²) in [6.45, 7) is 2.05. The van der Waals surface area contributed by atoms with Crippen molar-refractivity contribution in [3.8, 4) is 0 Å². The lowest BCUT2D eigenvalue weighted by molar-refractivity contribution is -0.171. The minimum absolute atomic E-state index is 0.0135. The van der Waals surface area contributed by atoms with Crippen LogP contribution in [0.15, 0.2) is 24.3 Å². The molecule has 4 saturated carbocycles. The summed E-state index contributed by atoms with van der Waals surface area (Å²) in [4.78, 5) is 26.6. The maximum Gasteiger partial charge on any atom is 0.243 e. The van der Waals surface area contributed by atoms with E-state index in [1.54, 1.807) is 7.05 Å². The first-order valence-corrected chi connectivity index (χ1v) is 10.1. The van der Waals surface area contributed by atoms with Gasteiger partial charge in [0, 0.05) is 19.2 Å². The van der Waals surface area contributed by atoms with Gasteiger partial charge in [-0.2, -0.15) is 0 Å². The molecule has 0 unspecified atom stereocenters. The first-order chi connectivity index (χ1) is 12.7. The Morgan fingerprint density at radius 3 is 2.37 bits per heavy atom. The van der Waals surface area contributed by atoms with Crippen LogP contribution in [0.1, 0.15) is 50.5 Å². The van der Waals surface area contributed by atoms with E-state index in [4.69, 9.17) is 0 Å². The number of benzene rings is 1. The molecule has 4 fully saturated rings. The lowest BCUT2D eigenvalue weighted by Gasteiger charge is -2.60. The average molecular weight is 370 g/mol. The van der Waals surface area contributed by atoms with Gasteiger partial charge in [0.2, 0.25) is 11.8 Å². The van der Waals surface area contributed by atoms with E-state index in [0.717, 1.165) is 43.4 Å². The molecule has 0 saturated heterocycles. The monoisotopic (exact) mass is 370 g/mol. The van der Waals surface area contributed by atoms with Crippen molar-refractivity contribution in [2.75, 3.05) is 18.9 Å². The van der Waals surface area contributed by atoms with Gasteiger partial charge in [0.25, 0.3) is 0 Å². The number of carbonyl (C=O) groups is 2. The van der Waals surface area contributed by atoms with Gasteiger partial charge in [-0.05, 0) is 74.8 Å². The Balaban J connectivity index is 1.34. The molecule has 4 aliphatic carbocycles. The van der Waals surface area contributed by atoms with Gasteiger partial charge >= 0.3 is 0 Å². The molecule has 2 amide bonds. The molecule has 0 spiro atoms. The molecule has 5 rings (SSSR count). The lowest BCUT2D eigenvalue weighted by Crippen LogP contribution is -2.56. The Hall–Kier alpha value is -1.88. The predicted octanol–water partition coefficient (Wildman–Crippen LogP) is 3.11. The number of hydrogen-bond donors (Lipinski definition) is 2. The van der Waals surface area contributed by atoms with Crippen LogP contribution in [0.2, 0.25) is 0 Å². The molecule has 0 aliphatic heterocycles. The minimum Gasteiger partial charge on any atom is -0.390 e. The molecule has 2 N–H and O–H groups in total. The SMILES string of the molecule is Cc1ccc(NC(=O)CN(C)C(=O)CC23C[C@H]4C[C@@H](CC(O)(C4)C2)C3)cc1. The smallest absolute Gasteiger partial charge is 0.243 e. The highest BCUT2D eigenvalue weighted by molar-refractivity contribution is 5.94. The van der Waals surface area contributed by atoms with Crippen molar-refractivity contribution in [2.45, 2.75) is 57.5 Å². The molecule has 4 aliphatic rings. The van der Waals surface area contributed by atoms with Crippen LogP contribution in [0.4, 0.5) is 5.69 Å². The van der Waals surface area contributed by atoms with Crippen LogP contribution in [0, 0.1) is 24.2 Å². The summed E-state index contributed by atoms with van der Waals surface area (Å²) >= 11 is 0. The number of anilines is 1. The van der Waals surface area contributed by atoms with E-state index in [9.17, 15) is 14.7 Å². The Labute approximate surface area is 161 Å². The van der Waals surface area contributed by atoms with Crippen LogP contribution in [0.25, 0.3) is 0 Å². The number of likely N-dealkylation sites (N-methyl/N-ethyl adjacent to an activating group) is 1. The number of hydrogen-bond acceptors (Lipinski definition) is 3. The molecule has 2 atom stereocenters. The molecule has 5 heteroatoms. The van der Waals surface area contributed by atoms with E-state index in [-0.39, 0.29) is 23.8 Å². The quantitative estimate of drug-likeness (QED) is 0.837. The van der Waals surface area contributed by atoms with E-state index in [1.807, 2.05) is 31.2 Å². The van der Waals surface area contributed by atoms with Crippen LogP contribution >= 0.6 is 0 Å². The van der Waals surface area contributed by atoms with Crippen molar-refractivity contribution in [2.24, 2.45) is 17.3 Å². The Morgan fingerprint density at radius 1 is 1.15 bits per heavy atom. The molecule has 27 heavy (non-hydrogen) atoms. The second kappa shape index (κ2) is 6.62. The zero-order valence-corrected chi connectivity index (χ0v) is 16.3. The second-order valence-electron chi connectivity index (χ2n) is 9.53. The molecule has 1 aromatic rings. The van der Waals surface area contributed by atoms with E-state index in [1.165, 1.54) is 11.3 Å². The van der Waals surface area contributed by atoms with Gasteiger partial charge in [0.05, 0.1) is 12.1 Å². The molecule has 0 heterocycles. The van der Waals surface area contributed by atoms with E-state index in [2.05, 4.69) is 5.32 Å². The number of aliphatic hydroxyl groups is 1. The van der Waals surface area contributed by atoms with Gasteiger partial charge in [-0.15, -0.1) is 0 Å².